The number of urea groups is 1. The zero-order chi connectivity index (χ0) is 19.6. The summed E-state index contributed by atoms with van der Waals surface area (Å²) < 4.78 is 2.19. The van der Waals surface area contributed by atoms with Crippen molar-refractivity contribution in [3.63, 3.8) is 0 Å². The van der Waals surface area contributed by atoms with E-state index in [2.05, 4.69) is 21.2 Å². The number of halogens is 1. The molecule has 1 N–H and O–H groups in total. The average Bonchev–Trinajstić information content (AvgIpc) is 3.11. The van der Waals surface area contributed by atoms with Crippen LogP contribution in [0.15, 0.2) is 34.2 Å². The van der Waals surface area contributed by atoms with E-state index in [1.54, 1.807) is 11.5 Å². The highest BCUT2D eigenvalue weighted by Crippen LogP contribution is 2.28. The molecule has 27 heavy (non-hydrogen) atoms. The topological polar surface area (TPSA) is 69.5 Å². The zero-order valence-electron chi connectivity index (χ0n) is 15.2. The van der Waals surface area contributed by atoms with Crippen LogP contribution in [-0.4, -0.2) is 51.4 Å². The lowest BCUT2D eigenvalue weighted by molar-refractivity contribution is -0.425. The molecular formula is C19H21BrN3O3S+. The minimum Gasteiger partial charge on any atom is -0.322 e. The number of nitrogens with zero attached hydrogens (tertiary/aromatic N) is 2. The number of amides is 4. The van der Waals surface area contributed by atoms with Gasteiger partial charge in [0.25, 0.3) is 5.91 Å². The van der Waals surface area contributed by atoms with Gasteiger partial charge < -0.3 is 5.32 Å². The van der Waals surface area contributed by atoms with Gasteiger partial charge in [0.1, 0.15) is 5.71 Å². The van der Waals surface area contributed by atoms with Gasteiger partial charge in [-0.1, -0.05) is 19.4 Å². The van der Waals surface area contributed by atoms with Crippen LogP contribution in [0.3, 0.4) is 0 Å². The van der Waals surface area contributed by atoms with Crippen LogP contribution < -0.4 is 5.32 Å². The Morgan fingerprint density at radius 1 is 1.37 bits per heavy atom. The molecule has 0 radical (unpaired) electrons. The predicted octanol–water partition coefficient (Wildman–Crippen LogP) is 3.54. The summed E-state index contributed by atoms with van der Waals surface area (Å²) in [5.74, 6) is -0.509. The van der Waals surface area contributed by atoms with E-state index in [0.717, 1.165) is 22.9 Å². The molecule has 1 aromatic rings. The molecule has 1 aromatic carbocycles. The molecule has 2 aliphatic rings. The van der Waals surface area contributed by atoms with Crippen molar-refractivity contribution in [2.75, 3.05) is 18.4 Å². The van der Waals surface area contributed by atoms with E-state index >= 15 is 0 Å². The first kappa shape index (κ1) is 19.8. The Kier molecular flexibility index (Phi) is 6.16. The number of hydrogen-bond donors (Lipinski definition) is 1. The second kappa shape index (κ2) is 8.39. The van der Waals surface area contributed by atoms with Crippen LogP contribution in [0, 0.1) is 6.92 Å². The van der Waals surface area contributed by atoms with E-state index in [9.17, 15) is 14.4 Å². The van der Waals surface area contributed by atoms with Gasteiger partial charge in [0.05, 0.1) is 12.2 Å². The van der Waals surface area contributed by atoms with Crippen LogP contribution in [0.2, 0.25) is 0 Å². The van der Waals surface area contributed by atoms with Crippen molar-refractivity contribution in [3.05, 3.63) is 39.7 Å². The van der Waals surface area contributed by atoms with Gasteiger partial charge in [-0.2, -0.15) is 14.3 Å². The molecule has 0 aliphatic carbocycles. The number of unbranched alkanes of at least 4 members (excludes halogenated alkanes) is 1. The van der Waals surface area contributed by atoms with E-state index in [4.69, 9.17) is 0 Å². The molecule has 0 fully saturated rings. The summed E-state index contributed by atoms with van der Waals surface area (Å²) in [6.45, 7) is 4.21. The third kappa shape index (κ3) is 4.16. The fraction of sp³-hybridized carbons (Fsp3) is 0.368. The summed E-state index contributed by atoms with van der Waals surface area (Å²) in [5, 5.41) is 4.18. The monoisotopic (exact) mass is 450 g/mol. The number of carbonyl (C=O) groups is 3. The molecule has 8 heteroatoms. The number of imide groups is 1. The Bertz CT molecular complexity index is 866. The van der Waals surface area contributed by atoms with Crippen LogP contribution in [0.5, 0.6) is 0 Å². The molecule has 3 rings (SSSR count). The SMILES string of the molecule is CCCCN1C(=O)C2SC=CC2=[N+](CC(=O)Nc2ccc(C)cc2Br)C1=O. The van der Waals surface area contributed by atoms with Gasteiger partial charge >= 0.3 is 11.9 Å². The highest BCUT2D eigenvalue weighted by atomic mass is 79.9. The molecule has 0 saturated carbocycles. The van der Waals surface area contributed by atoms with Gasteiger partial charge in [-0.15, -0.1) is 11.8 Å². The molecule has 4 amide bonds. The van der Waals surface area contributed by atoms with Gasteiger partial charge in [-0.25, -0.2) is 4.79 Å². The Labute approximate surface area is 170 Å². The van der Waals surface area contributed by atoms with E-state index < -0.39 is 11.3 Å². The standard InChI is InChI=1S/C19H20BrN3O3S/c1-3-4-8-22-18(25)17-15(7-9-27-17)23(19(22)26)11-16(24)21-14-6-5-12(2)10-13(14)20/h5-7,9-10,17H,3-4,8,11H2,1-2H3/p+1. The second-order valence-corrected chi connectivity index (χ2v) is 8.36. The van der Waals surface area contributed by atoms with Crippen molar-refractivity contribution < 1.29 is 19.0 Å². The Hall–Kier alpha value is -1.93. The first-order valence-corrected chi connectivity index (χ1v) is 10.5. The molecule has 2 aliphatic heterocycles. The van der Waals surface area contributed by atoms with Crippen LogP contribution in [-0.2, 0) is 9.59 Å². The Morgan fingerprint density at radius 2 is 2.15 bits per heavy atom. The van der Waals surface area contributed by atoms with Crippen molar-refractivity contribution in [1.29, 1.82) is 0 Å². The number of fused-ring (bicyclic) bond motifs is 1. The number of rotatable bonds is 6. The number of aryl methyl sites for hydroxylation is 1. The lowest BCUT2D eigenvalue weighted by Gasteiger charge is -2.24. The highest BCUT2D eigenvalue weighted by Gasteiger charge is 2.49. The third-order valence-corrected chi connectivity index (χ3v) is 6.09. The molecule has 1 unspecified atom stereocenters. The molecule has 1 atom stereocenters. The third-order valence-electron chi connectivity index (χ3n) is 4.42. The number of thioether (sulfide) groups is 1. The lowest BCUT2D eigenvalue weighted by Crippen LogP contribution is -2.56. The van der Waals surface area contributed by atoms with Crippen molar-refractivity contribution in [3.8, 4) is 0 Å². The molecule has 6 nitrogen and oxygen atoms in total. The summed E-state index contributed by atoms with van der Waals surface area (Å²) in [6, 6.07) is 5.20. The van der Waals surface area contributed by atoms with Crippen LogP contribution in [0.4, 0.5) is 10.5 Å². The van der Waals surface area contributed by atoms with Crippen LogP contribution in [0.1, 0.15) is 25.3 Å². The number of hydrogen-bond acceptors (Lipinski definition) is 4. The van der Waals surface area contributed by atoms with Crippen molar-refractivity contribution >= 4 is 56.9 Å². The zero-order valence-corrected chi connectivity index (χ0v) is 17.6. The van der Waals surface area contributed by atoms with Gasteiger partial charge in [0.15, 0.2) is 11.8 Å². The molecule has 0 spiro atoms. The Morgan fingerprint density at radius 3 is 2.85 bits per heavy atom. The van der Waals surface area contributed by atoms with Crippen LogP contribution in [0.25, 0.3) is 0 Å². The number of carbonyl (C=O) groups excluding carboxylic acids is 3. The van der Waals surface area contributed by atoms with E-state index in [1.165, 1.54) is 21.2 Å². The second-order valence-electron chi connectivity index (χ2n) is 6.49. The summed E-state index contributed by atoms with van der Waals surface area (Å²) >= 11 is 4.81. The summed E-state index contributed by atoms with van der Waals surface area (Å²) in [4.78, 5) is 39.3. The van der Waals surface area contributed by atoms with E-state index in [0.29, 0.717) is 17.9 Å². The molecule has 0 aromatic heterocycles. The molecule has 142 valence electrons. The largest absolute Gasteiger partial charge is 0.501 e. The number of anilines is 1. The van der Waals surface area contributed by atoms with Gasteiger partial charge in [0.2, 0.25) is 0 Å². The number of allylic oxidation sites excluding steroid dienone is 1. The molecule has 0 bridgehead atoms. The number of benzene rings is 1. The van der Waals surface area contributed by atoms with E-state index in [1.807, 2.05) is 32.0 Å². The van der Waals surface area contributed by atoms with Crippen LogP contribution >= 0.6 is 27.7 Å². The fourth-order valence-corrected chi connectivity index (χ4v) is 4.55. The smallest absolute Gasteiger partial charge is 0.322 e. The summed E-state index contributed by atoms with van der Waals surface area (Å²) in [6.07, 6.45) is 3.37. The van der Waals surface area contributed by atoms with Crippen molar-refractivity contribution in [1.82, 2.24) is 4.90 Å². The quantitative estimate of drug-likeness (QED) is 0.672. The first-order valence-electron chi connectivity index (χ1n) is 8.80. The maximum absolute atomic E-state index is 12.9. The number of nitrogens with one attached hydrogen (secondary N) is 1. The normalized spacial score (nSPS) is 18.9. The van der Waals surface area contributed by atoms with Gasteiger partial charge in [-0.05, 0) is 58.5 Å². The molecule has 2 heterocycles. The fourth-order valence-electron chi connectivity index (χ4n) is 2.99. The Balaban J connectivity index is 1.81. The minimum absolute atomic E-state index is 0.133. The van der Waals surface area contributed by atoms with Crippen molar-refractivity contribution in [2.45, 2.75) is 31.9 Å². The maximum atomic E-state index is 12.9. The predicted molar refractivity (Wildman–Crippen MR) is 110 cm³/mol. The average molecular weight is 451 g/mol. The van der Waals surface area contributed by atoms with Gasteiger partial charge in [-0.3, -0.25) is 4.79 Å². The highest BCUT2D eigenvalue weighted by molar-refractivity contribution is 9.10. The minimum atomic E-state index is -0.446. The molecule has 0 saturated heterocycles. The molecular weight excluding hydrogens is 430 g/mol. The van der Waals surface area contributed by atoms with Gasteiger partial charge in [0, 0.05) is 4.47 Å². The lowest BCUT2D eigenvalue weighted by atomic mass is 10.1. The van der Waals surface area contributed by atoms with E-state index in [-0.39, 0.29) is 18.4 Å². The summed E-state index contributed by atoms with van der Waals surface area (Å²) in [7, 11) is 0. The maximum Gasteiger partial charge on any atom is 0.501 e. The first-order chi connectivity index (χ1) is 12.9. The summed E-state index contributed by atoms with van der Waals surface area (Å²) in [5.41, 5.74) is 2.30. The van der Waals surface area contributed by atoms with Crippen molar-refractivity contribution in [2.24, 2.45) is 0 Å².